The fourth-order valence-corrected chi connectivity index (χ4v) is 2.02. The van der Waals surface area contributed by atoms with Crippen molar-refractivity contribution in [3.8, 4) is 0 Å². The lowest BCUT2D eigenvalue weighted by Gasteiger charge is -2.38. The number of hydrogen-bond donors (Lipinski definition) is 2. The Morgan fingerprint density at radius 1 is 1.40 bits per heavy atom. The van der Waals surface area contributed by atoms with Crippen molar-refractivity contribution in [3.63, 3.8) is 0 Å². The van der Waals surface area contributed by atoms with Crippen LogP contribution in [0.3, 0.4) is 0 Å². The van der Waals surface area contributed by atoms with Crippen LogP contribution in [0.15, 0.2) is 0 Å². The van der Waals surface area contributed by atoms with E-state index in [2.05, 4.69) is 18.7 Å². The van der Waals surface area contributed by atoms with Crippen molar-refractivity contribution in [2.75, 3.05) is 26.2 Å². The van der Waals surface area contributed by atoms with Crippen molar-refractivity contribution in [3.05, 3.63) is 0 Å². The largest absolute Gasteiger partial charge is 0.389 e. The van der Waals surface area contributed by atoms with Crippen LogP contribution in [0.4, 0.5) is 0 Å². The molecule has 1 fully saturated rings. The van der Waals surface area contributed by atoms with Crippen LogP contribution in [0.2, 0.25) is 0 Å². The molecule has 0 aromatic rings. The summed E-state index contributed by atoms with van der Waals surface area (Å²) in [7, 11) is 0. The van der Waals surface area contributed by atoms with E-state index in [0.29, 0.717) is 11.8 Å². The topological polar surface area (TPSA) is 49.5 Å². The summed E-state index contributed by atoms with van der Waals surface area (Å²) in [5.41, 5.74) is 5.10. The molecule has 0 saturated carbocycles. The Morgan fingerprint density at radius 2 is 1.93 bits per heavy atom. The molecular formula is C12H26N2O. The number of hydrogen-bond acceptors (Lipinski definition) is 3. The van der Waals surface area contributed by atoms with Gasteiger partial charge in [-0.15, -0.1) is 0 Å². The molecule has 3 heteroatoms. The predicted octanol–water partition coefficient (Wildman–Crippen LogP) is 1.06. The van der Waals surface area contributed by atoms with Gasteiger partial charge >= 0.3 is 0 Å². The number of aliphatic hydroxyl groups is 1. The second-order valence-corrected chi connectivity index (χ2v) is 5.47. The highest BCUT2D eigenvalue weighted by Crippen LogP contribution is 2.22. The highest BCUT2D eigenvalue weighted by Gasteiger charge is 2.29. The zero-order valence-corrected chi connectivity index (χ0v) is 10.4. The molecule has 1 aliphatic rings. The van der Waals surface area contributed by atoms with Crippen LogP contribution in [-0.4, -0.2) is 41.8 Å². The molecule has 1 atom stereocenters. The Hall–Kier alpha value is -0.120. The summed E-state index contributed by atoms with van der Waals surface area (Å²) in [5.74, 6) is 1.01. The molecule has 0 amide bonds. The summed E-state index contributed by atoms with van der Waals surface area (Å²) in [6.07, 6.45) is 2.37. The van der Waals surface area contributed by atoms with Crippen LogP contribution in [0.5, 0.6) is 0 Å². The molecule has 90 valence electrons. The standard InChI is InChI=1S/C12H26N2O/c1-10(2)12(3,15)9-14-6-4-11(8-13)5-7-14/h10-11,15H,4-9,13H2,1-3H3. The fraction of sp³-hybridized carbons (Fsp3) is 1.00. The quantitative estimate of drug-likeness (QED) is 0.736. The minimum absolute atomic E-state index is 0.310. The Bertz CT molecular complexity index is 184. The van der Waals surface area contributed by atoms with E-state index in [1.165, 1.54) is 12.8 Å². The number of rotatable bonds is 4. The van der Waals surface area contributed by atoms with E-state index in [0.717, 1.165) is 26.2 Å². The highest BCUT2D eigenvalue weighted by atomic mass is 16.3. The number of β-amino-alcohol motifs (C(OH)–C–C–N with tert-alkyl or cyclic N) is 1. The average molecular weight is 214 g/mol. The Balaban J connectivity index is 2.35. The van der Waals surface area contributed by atoms with Crippen molar-refractivity contribution in [2.45, 2.75) is 39.2 Å². The Morgan fingerprint density at radius 3 is 2.33 bits per heavy atom. The van der Waals surface area contributed by atoms with Crippen LogP contribution in [0.25, 0.3) is 0 Å². The van der Waals surface area contributed by atoms with Gasteiger partial charge in [0.25, 0.3) is 0 Å². The van der Waals surface area contributed by atoms with Gasteiger partial charge in [-0.25, -0.2) is 0 Å². The first-order valence-electron chi connectivity index (χ1n) is 6.10. The number of nitrogens with two attached hydrogens (primary N) is 1. The van der Waals surface area contributed by atoms with Crippen LogP contribution in [0, 0.1) is 11.8 Å². The number of piperidine rings is 1. The van der Waals surface area contributed by atoms with Gasteiger partial charge < -0.3 is 15.7 Å². The van der Waals surface area contributed by atoms with Crippen LogP contribution in [0.1, 0.15) is 33.6 Å². The first kappa shape index (κ1) is 12.9. The molecule has 0 aromatic heterocycles. The molecule has 0 aliphatic carbocycles. The van der Waals surface area contributed by atoms with Crippen molar-refractivity contribution < 1.29 is 5.11 Å². The number of likely N-dealkylation sites (tertiary alicyclic amines) is 1. The summed E-state index contributed by atoms with van der Waals surface area (Å²) in [6.45, 7) is 9.87. The molecule has 0 aromatic carbocycles. The molecule has 1 unspecified atom stereocenters. The lowest BCUT2D eigenvalue weighted by molar-refractivity contribution is -0.0255. The third-order valence-electron chi connectivity index (χ3n) is 3.83. The van der Waals surface area contributed by atoms with Gasteiger partial charge in [0.2, 0.25) is 0 Å². The Kier molecular flexibility index (Phi) is 4.56. The second kappa shape index (κ2) is 5.28. The summed E-state index contributed by atoms with van der Waals surface area (Å²) in [6, 6.07) is 0. The second-order valence-electron chi connectivity index (χ2n) is 5.47. The van der Waals surface area contributed by atoms with Gasteiger partial charge in [0.1, 0.15) is 0 Å². The fourth-order valence-electron chi connectivity index (χ4n) is 2.02. The van der Waals surface area contributed by atoms with Crippen molar-refractivity contribution >= 4 is 0 Å². The molecule has 3 N–H and O–H groups in total. The van der Waals surface area contributed by atoms with Crippen LogP contribution >= 0.6 is 0 Å². The van der Waals surface area contributed by atoms with E-state index < -0.39 is 5.60 Å². The van der Waals surface area contributed by atoms with E-state index in [4.69, 9.17) is 5.73 Å². The summed E-state index contributed by atoms with van der Waals surface area (Å²) < 4.78 is 0. The molecule has 3 nitrogen and oxygen atoms in total. The maximum Gasteiger partial charge on any atom is 0.0768 e. The van der Waals surface area contributed by atoms with Gasteiger partial charge in [0.15, 0.2) is 0 Å². The molecule has 1 saturated heterocycles. The molecule has 0 bridgehead atoms. The van der Waals surface area contributed by atoms with E-state index in [9.17, 15) is 5.11 Å². The molecule has 0 radical (unpaired) electrons. The minimum atomic E-state index is -0.560. The third kappa shape index (κ3) is 3.74. The lowest BCUT2D eigenvalue weighted by atomic mass is 9.90. The zero-order chi connectivity index (χ0) is 11.5. The Labute approximate surface area is 93.6 Å². The monoisotopic (exact) mass is 214 g/mol. The summed E-state index contributed by atoms with van der Waals surface area (Å²) in [4.78, 5) is 2.37. The molecule has 0 spiro atoms. The van der Waals surface area contributed by atoms with Crippen LogP contribution in [-0.2, 0) is 0 Å². The van der Waals surface area contributed by atoms with E-state index in [-0.39, 0.29) is 0 Å². The zero-order valence-electron chi connectivity index (χ0n) is 10.4. The van der Waals surface area contributed by atoms with Gasteiger partial charge in [-0.05, 0) is 51.2 Å². The lowest BCUT2D eigenvalue weighted by Crippen LogP contribution is -2.47. The SMILES string of the molecule is CC(C)C(C)(O)CN1CCC(CN)CC1. The van der Waals surface area contributed by atoms with E-state index >= 15 is 0 Å². The van der Waals surface area contributed by atoms with Gasteiger partial charge in [0, 0.05) is 6.54 Å². The predicted molar refractivity (Wildman–Crippen MR) is 63.7 cm³/mol. The van der Waals surface area contributed by atoms with Gasteiger partial charge in [-0.3, -0.25) is 0 Å². The molecule has 15 heavy (non-hydrogen) atoms. The first-order chi connectivity index (χ1) is 6.95. The maximum atomic E-state index is 10.2. The van der Waals surface area contributed by atoms with E-state index in [1.807, 2.05) is 6.92 Å². The smallest absolute Gasteiger partial charge is 0.0768 e. The van der Waals surface area contributed by atoms with Crippen molar-refractivity contribution in [1.82, 2.24) is 4.90 Å². The maximum absolute atomic E-state index is 10.2. The molecule has 1 heterocycles. The minimum Gasteiger partial charge on any atom is -0.389 e. The van der Waals surface area contributed by atoms with Gasteiger partial charge in [-0.1, -0.05) is 13.8 Å². The number of nitrogens with zero attached hydrogens (tertiary/aromatic N) is 1. The highest BCUT2D eigenvalue weighted by molar-refractivity contribution is 4.83. The first-order valence-corrected chi connectivity index (χ1v) is 6.10. The summed E-state index contributed by atoms with van der Waals surface area (Å²) >= 11 is 0. The molecule has 1 aliphatic heterocycles. The van der Waals surface area contributed by atoms with E-state index in [1.54, 1.807) is 0 Å². The molecule has 1 rings (SSSR count). The third-order valence-corrected chi connectivity index (χ3v) is 3.83. The van der Waals surface area contributed by atoms with Crippen LogP contribution < -0.4 is 5.73 Å². The normalized spacial score (nSPS) is 24.4. The summed E-state index contributed by atoms with van der Waals surface area (Å²) in [5, 5.41) is 10.2. The van der Waals surface area contributed by atoms with Crippen molar-refractivity contribution in [2.24, 2.45) is 17.6 Å². The average Bonchev–Trinajstić information content (AvgIpc) is 2.18. The van der Waals surface area contributed by atoms with Crippen molar-refractivity contribution in [1.29, 1.82) is 0 Å². The molecular weight excluding hydrogens is 188 g/mol. The van der Waals surface area contributed by atoms with Gasteiger partial charge in [-0.2, -0.15) is 0 Å². The van der Waals surface area contributed by atoms with Gasteiger partial charge in [0.05, 0.1) is 5.60 Å².